The zero-order valence-corrected chi connectivity index (χ0v) is 17.4. The van der Waals surface area contributed by atoms with Crippen molar-refractivity contribution in [3.8, 4) is 23.1 Å². The van der Waals surface area contributed by atoms with Crippen LogP contribution >= 0.6 is 11.3 Å². The molecule has 0 aliphatic rings. The average Bonchev–Trinajstić information content (AvgIpc) is 3.11. The molecular formula is C22H20N4O3S. The maximum Gasteiger partial charge on any atom is 0.276 e. The van der Waals surface area contributed by atoms with Crippen molar-refractivity contribution in [1.29, 1.82) is 5.26 Å². The Bertz CT molecular complexity index is 1080. The summed E-state index contributed by atoms with van der Waals surface area (Å²) in [7, 11) is 0. The maximum absolute atomic E-state index is 12.3. The van der Waals surface area contributed by atoms with Crippen molar-refractivity contribution in [2.75, 3.05) is 6.61 Å². The molecule has 0 aliphatic heterocycles. The van der Waals surface area contributed by atoms with E-state index in [0.29, 0.717) is 11.3 Å². The second-order valence-corrected chi connectivity index (χ2v) is 7.86. The van der Waals surface area contributed by atoms with Crippen LogP contribution in [0.15, 0.2) is 48.5 Å². The van der Waals surface area contributed by atoms with E-state index in [1.165, 1.54) is 11.3 Å². The SMILES string of the molecule is Cc1ccc(-c2nc(C)sc2CC(=O)NNC(=O)COc2ccc(C#N)cc2)cc1. The van der Waals surface area contributed by atoms with Gasteiger partial charge in [-0.3, -0.25) is 20.4 Å². The van der Waals surface area contributed by atoms with Gasteiger partial charge in [0.1, 0.15) is 5.75 Å². The molecular weight excluding hydrogens is 400 g/mol. The first-order valence-corrected chi connectivity index (χ1v) is 10.0. The summed E-state index contributed by atoms with van der Waals surface area (Å²) in [5, 5.41) is 9.64. The molecule has 8 heteroatoms. The predicted octanol–water partition coefficient (Wildman–Crippen LogP) is 3.07. The van der Waals surface area contributed by atoms with E-state index in [9.17, 15) is 9.59 Å². The Morgan fingerprint density at radius 2 is 1.70 bits per heavy atom. The molecule has 0 unspecified atom stereocenters. The van der Waals surface area contributed by atoms with Crippen LogP contribution < -0.4 is 15.6 Å². The zero-order chi connectivity index (χ0) is 21.5. The molecule has 0 saturated heterocycles. The van der Waals surface area contributed by atoms with E-state index in [2.05, 4.69) is 15.8 Å². The summed E-state index contributed by atoms with van der Waals surface area (Å²) in [5.74, 6) is -0.385. The quantitative estimate of drug-likeness (QED) is 0.597. The number of carbonyl (C=O) groups is 2. The van der Waals surface area contributed by atoms with Crippen LogP contribution in [0.2, 0.25) is 0 Å². The lowest BCUT2D eigenvalue weighted by Crippen LogP contribution is -2.44. The number of amides is 2. The number of ether oxygens (including phenoxy) is 1. The smallest absolute Gasteiger partial charge is 0.276 e. The van der Waals surface area contributed by atoms with Crippen molar-refractivity contribution in [2.45, 2.75) is 20.3 Å². The summed E-state index contributed by atoms with van der Waals surface area (Å²) in [5.41, 5.74) is 8.12. The van der Waals surface area contributed by atoms with Gasteiger partial charge in [0.15, 0.2) is 6.61 Å². The van der Waals surface area contributed by atoms with Gasteiger partial charge in [-0.25, -0.2) is 4.98 Å². The van der Waals surface area contributed by atoms with Crippen molar-refractivity contribution in [2.24, 2.45) is 0 Å². The minimum absolute atomic E-state index is 0.103. The second-order valence-electron chi connectivity index (χ2n) is 6.57. The summed E-state index contributed by atoms with van der Waals surface area (Å²) in [4.78, 5) is 29.6. The highest BCUT2D eigenvalue weighted by atomic mass is 32.1. The van der Waals surface area contributed by atoms with Gasteiger partial charge >= 0.3 is 0 Å². The van der Waals surface area contributed by atoms with Gasteiger partial charge in [0.05, 0.1) is 28.8 Å². The Morgan fingerprint density at radius 1 is 1.03 bits per heavy atom. The van der Waals surface area contributed by atoms with Gasteiger partial charge in [0.2, 0.25) is 5.91 Å². The Morgan fingerprint density at radius 3 is 2.37 bits per heavy atom. The van der Waals surface area contributed by atoms with Gasteiger partial charge in [0, 0.05) is 10.4 Å². The van der Waals surface area contributed by atoms with E-state index in [1.54, 1.807) is 24.3 Å². The van der Waals surface area contributed by atoms with Crippen LogP contribution in [0.5, 0.6) is 5.75 Å². The second kappa shape index (κ2) is 9.67. The fourth-order valence-electron chi connectivity index (χ4n) is 2.67. The van der Waals surface area contributed by atoms with E-state index in [0.717, 1.165) is 26.7 Å². The van der Waals surface area contributed by atoms with Crippen LogP contribution in [0.25, 0.3) is 11.3 Å². The molecule has 0 spiro atoms. The molecule has 0 saturated carbocycles. The molecule has 0 aliphatic carbocycles. The Balaban J connectivity index is 1.51. The number of hydrazine groups is 1. The monoisotopic (exact) mass is 420 g/mol. The number of aromatic nitrogens is 1. The van der Waals surface area contributed by atoms with E-state index in [1.807, 2.05) is 44.2 Å². The van der Waals surface area contributed by atoms with Crippen molar-refractivity contribution < 1.29 is 14.3 Å². The van der Waals surface area contributed by atoms with Crippen molar-refractivity contribution in [3.63, 3.8) is 0 Å². The highest BCUT2D eigenvalue weighted by Crippen LogP contribution is 2.28. The van der Waals surface area contributed by atoms with Gasteiger partial charge in [-0.15, -0.1) is 11.3 Å². The van der Waals surface area contributed by atoms with E-state index in [-0.39, 0.29) is 18.9 Å². The lowest BCUT2D eigenvalue weighted by atomic mass is 10.1. The predicted molar refractivity (Wildman–Crippen MR) is 114 cm³/mol. The number of nitrogens with zero attached hydrogens (tertiary/aromatic N) is 2. The number of nitriles is 1. The molecule has 0 fully saturated rings. The Kier molecular flexibility index (Phi) is 6.78. The molecule has 1 heterocycles. The molecule has 3 rings (SSSR count). The molecule has 7 nitrogen and oxygen atoms in total. The molecule has 2 aromatic carbocycles. The third-order valence-electron chi connectivity index (χ3n) is 4.15. The van der Waals surface area contributed by atoms with Crippen LogP contribution in [-0.4, -0.2) is 23.4 Å². The minimum atomic E-state index is -0.494. The molecule has 2 amide bonds. The summed E-state index contributed by atoms with van der Waals surface area (Å²) < 4.78 is 5.33. The third kappa shape index (κ3) is 5.65. The molecule has 2 N–H and O–H groups in total. The maximum atomic E-state index is 12.3. The van der Waals surface area contributed by atoms with Crippen LogP contribution in [-0.2, 0) is 16.0 Å². The van der Waals surface area contributed by atoms with Gasteiger partial charge < -0.3 is 4.74 Å². The van der Waals surface area contributed by atoms with E-state index < -0.39 is 5.91 Å². The minimum Gasteiger partial charge on any atom is -0.484 e. The standard InChI is InChI=1S/C22H20N4O3S/c1-14-3-7-17(8-4-14)22-19(30-15(2)24-22)11-20(27)25-26-21(28)13-29-18-9-5-16(12-23)6-10-18/h3-10H,11,13H2,1-2H3,(H,25,27)(H,26,28). The van der Waals surface area contributed by atoms with Crippen molar-refractivity contribution in [1.82, 2.24) is 15.8 Å². The summed E-state index contributed by atoms with van der Waals surface area (Å²) in [6.45, 7) is 3.64. The first-order valence-electron chi connectivity index (χ1n) is 9.18. The highest BCUT2D eigenvalue weighted by Gasteiger charge is 2.15. The Labute approximate surface area is 178 Å². The molecule has 152 valence electrons. The fourth-order valence-corrected chi connectivity index (χ4v) is 3.62. The highest BCUT2D eigenvalue weighted by molar-refractivity contribution is 7.12. The first-order chi connectivity index (χ1) is 14.4. The lowest BCUT2D eigenvalue weighted by Gasteiger charge is -2.09. The van der Waals surface area contributed by atoms with Crippen LogP contribution in [0.3, 0.4) is 0 Å². The molecule has 1 aromatic heterocycles. The van der Waals surface area contributed by atoms with Crippen molar-refractivity contribution in [3.05, 3.63) is 69.5 Å². The zero-order valence-electron chi connectivity index (χ0n) is 16.6. The Hall–Kier alpha value is -3.70. The van der Waals surface area contributed by atoms with Gasteiger partial charge in [0.25, 0.3) is 5.91 Å². The average molecular weight is 420 g/mol. The third-order valence-corrected chi connectivity index (χ3v) is 5.12. The molecule has 30 heavy (non-hydrogen) atoms. The number of nitrogens with one attached hydrogen (secondary N) is 2. The normalized spacial score (nSPS) is 10.2. The van der Waals surface area contributed by atoms with Crippen LogP contribution in [0.4, 0.5) is 0 Å². The number of hydrogen-bond donors (Lipinski definition) is 2. The van der Waals surface area contributed by atoms with Crippen LogP contribution in [0.1, 0.15) is 21.0 Å². The van der Waals surface area contributed by atoms with Crippen LogP contribution in [0, 0.1) is 25.2 Å². The van der Waals surface area contributed by atoms with E-state index >= 15 is 0 Å². The molecule has 0 bridgehead atoms. The van der Waals surface area contributed by atoms with Crippen molar-refractivity contribution >= 4 is 23.2 Å². The lowest BCUT2D eigenvalue weighted by molar-refractivity contribution is -0.129. The number of thiazole rings is 1. The molecule has 3 aromatic rings. The number of benzene rings is 2. The molecule has 0 atom stereocenters. The number of rotatable bonds is 6. The summed E-state index contributed by atoms with van der Waals surface area (Å²) in [6.07, 6.45) is 0.103. The largest absolute Gasteiger partial charge is 0.484 e. The number of aryl methyl sites for hydroxylation is 2. The first kappa shape index (κ1) is 21.0. The molecule has 0 radical (unpaired) electrons. The van der Waals surface area contributed by atoms with Gasteiger partial charge in [-0.05, 0) is 38.1 Å². The van der Waals surface area contributed by atoms with Gasteiger partial charge in [-0.1, -0.05) is 29.8 Å². The topological polar surface area (TPSA) is 104 Å². The van der Waals surface area contributed by atoms with E-state index in [4.69, 9.17) is 10.00 Å². The fraction of sp³-hybridized carbons (Fsp3) is 0.182. The van der Waals surface area contributed by atoms with Gasteiger partial charge in [-0.2, -0.15) is 5.26 Å². The number of hydrogen-bond acceptors (Lipinski definition) is 6. The number of carbonyl (C=O) groups excluding carboxylic acids is 2. The summed E-state index contributed by atoms with van der Waals surface area (Å²) in [6, 6.07) is 16.4. The summed E-state index contributed by atoms with van der Waals surface area (Å²) >= 11 is 1.45.